The molecule has 7 heteroatoms. The van der Waals surface area contributed by atoms with Gasteiger partial charge in [0.1, 0.15) is 0 Å². The van der Waals surface area contributed by atoms with E-state index in [2.05, 4.69) is 0 Å². The Morgan fingerprint density at radius 2 is 1.65 bits per heavy atom. The van der Waals surface area contributed by atoms with Gasteiger partial charge >= 0.3 is 12.3 Å². The number of piperazine rings is 1. The van der Waals surface area contributed by atoms with Crippen molar-refractivity contribution < 1.29 is 22.4 Å². The summed E-state index contributed by atoms with van der Waals surface area (Å²) in [5, 5.41) is 0. The van der Waals surface area contributed by atoms with Gasteiger partial charge in [-0.05, 0) is 20.9 Å². The molecule has 0 aliphatic carbocycles. The molecule has 1 fully saturated rings. The highest BCUT2D eigenvalue weighted by Gasteiger charge is 2.52. The minimum absolute atomic E-state index is 0.0436. The zero-order valence-electron chi connectivity index (χ0n) is 9.96. The number of nitrogens with zero attached hydrogens (tertiary/aromatic N) is 2. The van der Waals surface area contributed by atoms with Crippen LogP contribution in [0.2, 0.25) is 0 Å². The summed E-state index contributed by atoms with van der Waals surface area (Å²) in [5.41, 5.74) is 0. The van der Waals surface area contributed by atoms with Crippen LogP contribution in [0, 0.1) is 0 Å². The first-order valence-corrected chi connectivity index (χ1v) is 5.35. The normalized spacial score (nSPS) is 27.6. The first-order chi connectivity index (χ1) is 7.67. The molecule has 0 saturated carbocycles. The zero-order chi connectivity index (χ0) is 13.4. The monoisotopic (exact) mass is 256 g/mol. The van der Waals surface area contributed by atoms with Gasteiger partial charge in [-0.25, -0.2) is 8.78 Å². The van der Waals surface area contributed by atoms with Gasteiger partial charge in [0, 0.05) is 25.2 Å². The molecule has 1 aliphatic heterocycles. The second-order valence-corrected chi connectivity index (χ2v) is 4.50. The lowest BCUT2D eigenvalue weighted by atomic mass is 10.1. The van der Waals surface area contributed by atoms with Crippen LogP contribution in [0.25, 0.3) is 0 Å². The summed E-state index contributed by atoms with van der Waals surface area (Å²) in [5.74, 6) is -6.37. The molecule has 1 saturated heterocycles. The highest BCUT2D eigenvalue weighted by atomic mass is 19.3. The largest absolute Gasteiger partial charge is 0.383 e. The van der Waals surface area contributed by atoms with Crippen molar-refractivity contribution in [3.8, 4) is 0 Å². The van der Waals surface area contributed by atoms with Crippen molar-refractivity contribution in [3.63, 3.8) is 0 Å². The van der Waals surface area contributed by atoms with Gasteiger partial charge in [-0.1, -0.05) is 0 Å². The minimum atomic E-state index is -4.59. The SMILES string of the molecule is CC1CN(C(=O)C(F)(F)C(F)F)CC(C)N1C. The molecule has 0 aromatic carbocycles. The van der Waals surface area contributed by atoms with E-state index in [1.807, 2.05) is 11.9 Å². The highest BCUT2D eigenvalue weighted by molar-refractivity contribution is 5.84. The summed E-state index contributed by atoms with van der Waals surface area (Å²) in [6.45, 7) is 3.61. The standard InChI is InChI=1S/C10H16F4N2O/c1-6-4-16(5-7(2)15(6)3)9(17)10(13,14)8(11)12/h6-8H,4-5H2,1-3H3. The molecule has 1 rings (SSSR count). The van der Waals surface area contributed by atoms with Gasteiger partial charge in [-0.3, -0.25) is 9.69 Å². The number of hydrogen-bond donors (Lipinski definition) is 0. The molecule has 0 aromatic heterocycles. The van der Waals surface area contributed by atoms with Crippen molar-refractivity contribution in [2.75, 3.05) is 20.1 Å². The van der Waals surface area contributed by atoms with Crippen LogP contribution >= 0.6 is 0 Å². The zero-order valence-corrected chi connectivity index (χ0v) is 9.96. The van der Waals surface area contributed by atoms with E-state index >= 15 is 0 Å². The fraction of sp³-hybridized carbons (Fsp3) is 0.900. The van der Waals surface area contributed by atoms with Gasteiger partial charge < -0.3 is 4.90 Å². The second-order valence-electron chi connectivity index (χ2n) is 4.50. The van der Waals surface area contributed by atoms with Crippen molar-refractivity contribution in [1.82, 2.24) is 9.80 Å². The average Bonchev–Trinajstić information content (AvgIpc) is 2.23. The number of hydrogen-bond acceptors (Lipinski definition) is 2. The molecule has 0 N–H and O–H groups in total. The third-order valence-corrected chi connectivity index (χ3v) is 3.21. The molecule has 0 spiro atoms. The van der Waals surface area contributed by atoms with Crippen LogP contribution in [0.5, 0.6) is 0 Å². The van der Waals surface area contributed by atoms with Crippen molar-refractivity contribution in [3.05, 3.63) is 0 Å². The predicted molar refractivity (Wildman–Crippen MR) is 54.2 cm³/mol. The van der Waals surface area contributed by atoms with Crippen LogP contribution in [0.1, 0.15) is 13.8 Å². The molecule has 1 heterocycles. The van der Waals surface area contributed by atoms with Crippen LogP contribution in [0.3, 0.4) is 0 Å². The van der Waals surface area contributed by atoms with Crippen molar-refractivity contribution in [1.29, 1.82) is 0 Å². The van der Waals surface area contributed by atoms with Gasteiger partial charge in [0.2, 0.25) is 0 Å². The van der Waals surface area contributed by atoms with E-state index in [1.165, 1.54) is 0 Å². The number of carbonyl (C=O) groups excluding carboxylic acids is 1. The first-order valence-electron chi connectivity index (χ1n) is 5.35. The van der Waals surface area contributed by atoms with Crippen molar-refractivity contribution >= 4 is 5.91 Å². The Morgan fingerprint density at radius 3 is 2.00 bits per heavy atom. The maximum atomic E-state index is 12.9. The number of halogens is 4. The van der Waals surface area contributed by atoms with Crippen molar-refractivity contribution in [2.45, 2.75) is 38.3 Å². The molecule has 17 heavy (non-hydrogen) atoms. The number of rotatable bonds is 2. The smallest absolute Gasteiger partial charge is 0.334 e. The van der Waals surface area contributed by atoms with Gasteiger partial charge in [-0.2, -0.15) is 8.78 Å². The number of alkyl halides is 4. The molecule has 1 amide bonds. The molecule has 0 aromatic rings. The van der Waals surface area contributed by atoms with E-state index in [9.17, 15) is 22.4 Å². The topological polar surface area (TPSA) is 23.6 Å². The van der Waals surface area contributed by atoms with Gasteiger partial charge in [0.15, 0.2) is 0 Å². The van der Waals surface area contributed by atoms with E-state index in [1.54, 1.807) is 13.8 Å². The van der Waals surface area contributed by atoms with Crippen LogP contribution < -0.4 is 0 Å². The maximum absolute atomic E-state index is 12.9. The maximum Gasteiger partial charge on any atom is 0.383 e. The first kappa shape index (κ1) is 14.2. The summed E-state index contributed by atoms with van der Waals surface area (Å²) in [6, 6.07) is -0.257. The molecular formula is C10H16F4N2O. The summed E-state index contributed by atoms with van der Waals surface area (Å²) < 4.78 is 50.0. The molecule has 100 valence electrons. The molecule has 0 bridgehead atoms. The molecule has 2 unspecified atom stereocenters. The Bertz CT molecular complexity index is 286. The second kappa shape index (κ2) is 4.80. The van der Waals surface area contributed by atoms with Crippen LogP contribution in [-0.4, -0.2) is 60.3 Å². The summed E-state index contributed by atoms with van der Waals surface area (Å²) >= 11 is 0. The Balaban J connectivity index is 2.78. The lowest BCUT2D eigenvalue weighted by molar-refractivity contribution is -0.183. The van der Waals surface area contributed by atoms with Crippen LogP contribution in [0.4, 0.5) is 17.6 Å². The van der Waals surface area contributed by atoms with Crippen LogP contribution in [0.15, 0.2) is 0 Å². The van der Waals surface area contributed by atoms with Gasteiger partial charge in [-0.15, -0.1) is 0 Å². The van der Waals surface area contributed by atoms with Gasteiger partial charge in [0.25, 0.3) is 5.91 Å². The molecule has 0 radical (unpaired) electrons. The number of amides is 1. The summed E-state index contributed by atoms with van der Waals surface area (Å²) in [4.78, 5) is 14.1. The lowest BCUT2D eigenvalue weighted by Gasteiger charge is -2.43. The van der Waals surface area contributed by atoms with E-state index in [0.717, 1.165) is 4.90 Å². The molecule has 2 atom stereocenters. The fourth-order valence-electron chi connectivity index (χ4n) is 1.87. The van der Waals surface area contributed by atoms with E-state index in [-0.39, 0.29) is 25.2 Å². The minimum Gasteiger partial charge on any atom is -0.334 e. The fourth-order valence-corrected chi connectivity index (χ4v) is 1.87. The third-order valence-electron chi connectivity index (χ3n) is 3.21. The number of likely N-dealkylation sites (N-methyl/N-ethyl adjacent to an activating group) is 1. The van der Waals surface area contributed by atoms with Crippen molar-refractivity contribution in [2.24, 2.45) is 0 Å². The van der Waals surface area contributed by atoms with E-state index in [4.69, 9.17) is 0 Å². The Hall–Kier alpha value is -0.850. The average molecular weight is 256 g/mol. The quantitative estimate of drug-likeness (QED) is 0.698. The summed E-state index contributed by atoms with van der Waals surface area (Å²) in [6.07, 6.45) is -3.96. The van der Waals surface area contributed by atoms with Crippen LogP contribution in [-0.2, 0) is 4.79 Å². The lowest BCUT2D eigenvalue weighted by Crippen LogP contribution is -2.60. The third kappa shape index (κ3) is 2.70. The van der Waals surface area contributed by atoms with E-state index in [0.29, 0.717) is 0 Å². The Morgan fingerprint density at radius 1 is 1.24 bits per heavy atom. The summed E-state index contributed by atoms with van der Waals surface area (Å²) in [7, 11) is 1.81. The predicted octanol–water partition coefficient (Wildman–Crippen LogP) is 1.44. The van der Waals surface area contributed by atoms with E-state index < -0.39 is 18.3 Å². The number of carbonyl (C=O) groups is 1. The molecule has 1 aliphatic rings. The molecular weight excluding hydrogens is 240 g/mol. The van der Waals surface area contributed by atoms with Gasteiger partial charge in [0.05, 0.1) is 0 Å². The Labute approximate surface area is 97.4 Å². The molecule has 3 nitrogen and oxygen atoms in total. The Kier molecular flexibility index (Phi) is 4.01. The highest BCUT2D eigenvalue weighted by Crippen LogP contribution is 2.27.